The molecule has 0 bridgehead atoms. The molecule has 1 saturated carbocycles. The first-order valence-electron chi connectivity index (χ1n) is 7.52. The summed E-state index contributed by atoms with van der Waals surface area (Å²) in [5.74, 6) is 0.529. The lowest BCUT2D eigenvalue weighted by atomic mass is 9.84. The van der Waals surface area contributed by atoms with Crippen LogP contribution >= 0.6 is 0 Å². The fraction of sp³-hybridized carbons (Fsp3) is 0.688. The summed E-state index contributed by atoms with van der Waals surface area (Å²) in [6.07, 6.45) is 9.20. The Morgan fingerprint density at radius 1 is 1.26 bits per heavy atom. The number of hydrogen-bond acceptors (Lipinski definition) is 2. The van der Waals surface area contributed by atoms with Crippen molar-refractivity contribution in [2.45, 2.75) is 64.5 Å². The van der Waals surface area contributed by atoms with E-state index in [1.54, 1.807) is 0 Å². The van der Waals surface area contributed by atoms with Gasteiger partial charge in [0.1, 0.15) is 5.82 Å². The molecule has 2 nitrogen and oxygen atoms in total. The fourth-order valence-corrected chi connectivity index (χ4v) is 3.03. The molecule has 0 aliphatic heterocycles. The van der Waals surface area contributed by atoms with Gasteiger partial charge in [-0.2, -0.15) is 0 Å². The lowest BCUT2D eigenvalue weighted by Gasteiger charge is -2.28. The van der Waals surface area contributed by atoms with E-state index in [4.69, 9.17) is 0 Å². The molecule has 2 rings (SSSR count). The molecule has 1 N–H and O–H groups in total. The molecule has 106 valence electrons. The van der Waals surface area contributed by atoms with Crippen LogP contribution in [0.2, 0.25) is 0 Å². The molecule has 1 aliphatic carbocycles. The minimum Gasteiger partial charge on any atom is -0.306 e. The number of rotatable bonds is 5. The van der Waals surface area contributed by atoms with Crippen molar-refractivity contribution < 1.29 is 4.39 Å². The molecule has 0 spiro atoms. The molecule has 3 heteroatoms. The number of pyridine rings is 1. The molecule has 1 unspecified atom stereocenters. The minimum absolute atomic E-state index is 0.253. The standard InChI is InChI=1S/C16H25FN2/c1-12(2)19-16(10-13-6-4-3-5-7-13)15-9-8-14(17)11-18-15/h8-9,11-13,16,19H,3-7,10H2,1-2H3. The molecular formula is C16H25FN2. The Kier molecular flexibility index (Phi) is 5.32. The summed E-state index contributed by atoms with van der Waals surface area (Å²) < 4.78 is 13.0. The zero-order valence-electron chi connectivity index (χ0n) is 12.0. The van der Waals surface area contributed by atoms with Gasteiger partial charge in [-0.05, 0) is 24.5 Å². The fourth-order valence-electron chi connectivity index (χ4n) is 3.03. The van der Waals surface area contributed by atoms with E-state index >= 15 is 0 Å². The van der Waals surface area contributed by atoms with Crippen molar-refractivity contribution in [2.75, 3.05) is 0 Å². The van der Waals surface area contributed by atoms with Crippen LogP contribution in [0.4, 0.5) is 4.39 Å². The second kappa shape index (κ2) is 6.99. The summed E-state index contributed by atoms with van der Waals surface area (Å²) in [6, 6.07) is 4.00. The number of nitrogens with one attached hydrogen (secondary N) is 1. The van der Waals surface area contributed by atoms with Crippen LogP contribution < -0.4 is 5.32 Å². The first kappa shape index (κ1) is 14.4. The summed E-state index contributed by atoms with van der Waals surface area (Å²) in [5, 5.41) is 3.58. The Bertz CT molecular complexity index is 369. The normalized spacial score (nSPS) is 18.7. The van der Waals surface area contributed by atoms with E-state index in [1.807, 2.05) is 6.07 Å². The SMILES string of the molecule is CC(C)NC(CC1CCCCC1)c1ccc(F)cn1. The van der Waals surface area contributed by atoms with Gasteiger partial charge in [-0.25, -0.2) is 4.39 Å². The molecule has 0 aromatic carbocycles. The maximum absolute atomic E-state index is 13.0. The van der Waals surface area contributed by atoms with Gasteiger partial charge in [0.25, 0.3) is 0 Å². The van der Waals surface area contributed by atoms with Gasteiger partial charge >= 0.3 is 0 Å². The molecule has 1 aliphatic rings. The van der Waals surface area contributed by atoms with Crippen molar-refractivity contribution >= 4 is 0 Å². The first-order chi connectivity index (χ1) is 9.15. The largest absolute Gasteiger partial charge is 0.306 e. The maximum Gasteiger partial charge on any atom is 0.141 e. The molecule has 0 radical (unpaired) electrons. The van der Waals surface area contributed by atoms with Crippen molar-refractivity contribution in [3.63, 3.8) is 0 Å². The van der Waals surface area contributed by atoms with E-state index in [1.165, 1.54) is 44.4 Å². The Morgan fingerprint density at radius 3 is 2.58 bits per heavy atom. The quantitative estimate of drug-likeness (QED) is 0.861. The lowest BCUT2D eigenvalue weighted by molar-refractivity contribution is 0.289. The van der Waals surface area contributed by atoms with Crippen molar-refractivity contribution in [1.29, 1.82) is 0 Å². The molecule has 1 heterocycles. The highest BCUT2D eigenvalue weighted by Gasteiger charge is 2.21. The van der Waals surface area contributed by atoms with Crippen molar-refractivity contribution in [3.05, 3.63) is 29.8 Å². The van der Waals surface area contributed by atoms with Crippen LogP contribution in [-0.2, 0) is 0 Å². The molecule has 1 aromatic heterocycles. The zero-order chi connectivity index (χ0) is 13.7. The topological polar surface area (TPSA) is 24.9 Å². The van der Waals surface area contributed by atoms with Crippen LogP contribution in [0.3, 0.4) is 0 Å². The van der Waals surface area contributed by atoms with Gasteiger partial charge in [0.15, 0.2) is 0 Å². The van der Waals surface area contributed by atoms with Gasteiger partial charge in [0.05, 0.1) is 11.9 Å². The third-order valence-corrected chi connectivity index (χ3v) is 3.94. The highest BCUT2D eigenvalue weighted by molar-refractivity contribution is 5.10. The summed E-state index contributed by atoms with van der Waals surface area (Å²) >= 11 is 0. The van der Waals surface area contributed by atoms with Crippen molar-refractivity contribution in [1.82, 2.24) is 10.3 Å². The Hall–Kier alpha value is -0.960. The summed E-state index contributed by atoms with van der Waals surface area (Å²) in [4.78, 5) is 4.26. The highest BCUT2D eigenvalue weighted by atomic mass is 19.1. The molecule has 0 saturated heterocycles. The van der Waals surface area contributed by atoms with Gasteiger partial charge in [0, 0.05) is 12.1 Å². The van der Waals surface area contributed by atoms with E-state index in [2.05, 4.69) is 24.1 Å². The number of halogens is 1. The van der Waals surface area contributed by atoms with E-state index in [0.29, 0.717) is 6.04 Å². The monoisotopic (exact) mass is 264 g/mol. The average Bonchev–Trinajstić information content (AvgIpc) is 2.39. The molecular weight excluding hydrogens is 239 g/mol. The second-order valence-corrected chi connectivity index (χ2v) is 6.01. The zero-order valence-corrected chi connectivity index (χ0v) is 12.0. The molecule has 1 aromatic rings. The minimum atomic E-state index is -0.260. The molecule has 1 fully saturated rings. The molecule has 1 atom stereocenters. The first-order valence-corrected chi connectivity index (χ1v) is 7.52. The van der Waals surface area contributed by atoms with Crippen LogP contribution in [0.1, 0.15) is 64.1 Å². The van der Waals surface area contributed by atoms with Gasteiger partial charge in [-0.1, -0.05) is 46.0 Å². The Balaban J connectivity index is 2.03. The lowest BCUT2D eigenvalue weighted by Crippen LogP contribution is -2.30. The predicted octanol–water partition coefficient (Wildman–Crippen LogP) is 4.23. The Labute approximate surface area is 115 Å². The third-order valence-electron chi connectivity index (χ3n) is 3.94. The van der Waals surface area contributed by atoms with E-state index in [-0.39, 0.29) is 11.9 Å². The second-order valence-electron chi connectivity index (χ2n) is 6.01. The molecule has 0 amide bonds. The highest BCUT2D eigenvalue weighted by Crippen LogP contribution is 2.31. The number of aromatic nitrogens is 1. The van der Waals surface area contributed by atoms with Gasteiger partial charge in [-0.3, -0.25) is 4.98 Å². The van der Waals surface area contributed by atoms with Gasteiger partial charge < -0.3 is 5.32 Å². The maximum atomic E-state index is 13.0. The predicted molar refractivity (Wildman–Crippen MR) is 76.4 cm³/mol. The van der Waals surface area contributed by atoms with E-state index in [9.17, 15) is 4.39 Å². The number of nitrogens with zero attached hydrogens (tertiary/aromatic N) is 1. The summed E-state index contributed by atoms with van der Waals surface area (Å²) in [6.45, 7) is 4.30. The van der Waals surface area contributed by atoms with Crippen LogP contribution in [0.5, 0.6) is 0 Å². The number of hydrogen-bond donors (Lipinski definition) is 1. The van der Waals surface area contributed by atoms with E-state index in [0.717, 1.165) is 18.0 Å². The van der Waals surface area contributed by atoms with Crippen molar-refractivity contribution in [3.8, 4) is 0 Å². The van der Waals surface area contributed by atoms with Gasteiger partial charge in [-0.15, -0.1) is 0 Å². The summed E-state index contributed by atoms with van der Waals surface area (Å²) in [5.41, 5.74) is 0.973. The summed E-state index contributed by atoms with van der Waals surface area (Å²) in [7, 11) is 0. The van der Waals surface area contributed by atoms with Crippen LogP contribution in [0.15, 0.2) is 18.3 Å². The van der Waals surface area contributed by atoms with E-state index < -0.39 is 0 Å². The molecule has 19 heavy (non-hydrogen) atoms. The van der Waals surface area contributed by atoms with Crippen molar-refractivity contribution in [2.24, 2.45) is 5.92 Å². The van der Waals surface area contributed by atoms with Crippen LogP contribution in [0, 0.1) is 11.7 Å². The van der Waals surface area contributed by atoms with Crippen LogP contribution in [0.25, 0.3) is 0 Å². The van der Waals surface area contributed by atoms with Crippen LogP contribution in [-0.4, -0.2) is 11.0 Å². The smallest absolute Gasteiger partial charge is 0.141 e. The third kappa shape index (κ3) is 4.57. The Morgan fingerprint density at radius 2 is 2.00 bits per heavy atom. The van der Waals surface area contributed by atoms with Gasteiger partial charge in [0.2, 0.25) is 0 Å². The average molecular weight is 264 g/mol.